The molecule has 0 aliphatic heterocycles. The molecule has 0 aliphatic carbocycles. The zero-order valence-corrected chi connectivity index (χ0v) is 12.6. The van der Waals surface area contributed by atoms with Crippen LogP contribution >= 0.6 is 0 Å². The van der Waals surface area contributed by atoms with Crippen LogP contribution in [0.2, 0.25) is 19.6 Å². The third-order valence-electron chi connectivity index (χ3n) is 2.95. The number of hydrogen-bond donors (Lipinski definition) is 0. The number of aryl methyl sites for hydroxylation is 1. The molecule has 0 unspecified atom stereocenters. The van der Waals surface area contributed by atoms with Crippen LogP contribution in [0.5, 0.6) is 0 Å². The second kappa shape index (κ2) is 4.98. The van der Waals surface area contributed by atoms with E-state index < -0.39 is 8.24 Å². The van der Waals surface area contributed by atoms with Crippen LogP contribution in [0.1, 0.15) is 5.56 Å². The van der Waals surface area contributed by atoms with Crippen LogP contribution < -0.4 is 4.57 Å². The van der Waals surface area contributed by atoms with E-state index >= 15 is 0 Å². The van der Waals surface area contributed by atoms with Gasteiger partial charge in [-0.05, 0) is 36.8 Å². The first-order valence-corrected chi connectivity index (χ1v) is 9.85. The molecule has 2 aromatic carbocycles. The van der Waals surface area contributed by atoms with Gasteiger partial charge in [-0.25, -0.2) is 0 Å². The van der Waals surface area contributed by atoms with E-state index in [-0.39, 0.29) is 0 Å². The fraction of sp³-hybridized carbons (Fsp3) is 0.250. The van der Waals surface area contributed by atoms with Crippen molar-refractivity contribution in [3.8, 4) is 0 Å². The lowest BCUT2D eigenvalue weighted by Gasteiger charge is -2.36. The summed E-state index contributed by atoms with van der Waals surface area (Å²) in [5, 5.41) is 0. The van der Waals surface area contributed by atoms with Crippen molar-refractivity contribution in [2.24, 2.45) is 0 Å². The van der Waals surface area contributed by atoms with Gasteiger partial charge in [0.2, 0.25) is 0 Å². The third-order valence-corrected chi connectivity index (χ3v) is 4.80. The van der Waals surface area contributed by atoms with E-state index in [0.717, 1.165) is 0 Å². The summed E-state index contributed by atoms with van der Waals surface area (Å²) >= 11 is 0. The molecular formula is C16H21NSi. The highest BCUT2D eigenvalue weighted by Crippen LogP contribution is 2.31. The molecular weight excluding hydrogens is 234 g/mol. The molecule has 0 fully saturated rings. The summed E-state index contributed by atoms with van der Waals surface area (Å²) in [6, 6.07) is 19.4. The molecule has 1 nitrogen and oxygen atoms in total. The van der Waals surface area contributed by atoms with Crippen molar-refractivity contribution >= 4 is 19.6 Å². The SMILES string of the molecule is Cc1cccc(N(c2ccccc2)[Si](C)(C)C)c1. The molecule has 0 bridgehead atoms. The number of hydrogen-bond acceptors (Lipinski definition) is 1. The van der Waals surface area contributed by atoms with Gasteiger partial charge in [-0.2, -0.15) is 0 Å². The highest BCUT2D eigenvalue weighted by molar-refractivity contribution is 6.81. The number of anilines is 2. The lowest BCUT2D eigenvalue weighted by atomic mass is 10.2. The van der Waals surface area contributed by atoms with Crippen LogP contribution in [0.4, 0.5) is 11.4 Å². The van der Waals surface area contributed by atoms with Gasteiger partial charge < -0.3 is 4.57 Å². The molecule has 0 heterocycles. The fourth-order valence-corrected chi connectivity index (χ4v) is 4.11. The summed E-state index contributed by atoms with van der Waals surface area (Å²) in [6.45, 7) is 9.28. The lowest BCUT2D eigenvalue weighted by Crippen LogP contribution is -2.42. The number of para-hydroxylation sites is 1. The summed E-state index contributed by atoms with van der Waals surface area (Å²) in [5.41, 5.74) is 3.91. The molecule has 94 valence electrons. The fourth-order valence-electron chi connectivity index (χ4n) is 2.27. The summed E-state index contributed by atoms with van der Waals surface area (Å²) in [6.07, 6.45) is 0. The van der Waals surface area contributed by atoms with Crippen molar-refractivity contribution in [1.29, 1.82) is 0 Å². The quantitative estimate of drug-likeness (QED) is 0.700. The summed E-state index contributed by atoms with van der Waals surface area (Å²) in [4.78, 5) is 0. The predicted molar refractivity (Wildman–Crippen MR) is 83.1 cm³/mol. The van der Waals surface area contributed by atoms with Crippen molar-refractivity contribution in [3.05, 3.63) is 60.2 Å². The molecule has 0 atom stereocenters. The summed E-state index contributed by atoms with van der Waals surface area (Å²) in [5.74, 6) is 0. The molecule has 0 amide bonds. The van der Waals surface area contributed by atoms with Crippen molar-refractivity contribution in [3.63, 3.8) is 0 Å². The Bertz CT molecular complexity index is 514. The Hall–Kier alpha value is -1.54. The molecule has 2 heteroatoms. The topological polar surface area (TPSA) is 3.24 Å². The van der Waals surface area contributed by atoms with Gasteiger partial charge in [-0.3, -0.25) is 0 Å². The Balaban J connectivity index is 2.51. The van der Waals surface area contributed by atoms with Crippen LogP contribution in [0.25, 0.3) is 0 Å². The van der Waals surface area contributed by atoms with Crippen molar-refractivity contribution in [1.82, 2.24) is 0 Å². The van der Waals surface area contributed by atoms with E-state index in [1.54, 1.807) is 0 Å². The average molecular weight is 255 g/mol. The van der Waals surface area contributed by atoms with Gasteiger partial charge in [0.15, 0.2) is 8.24 Å². The largest absolute Gasteiger partial charge is 0.369 e. The monoisotopic (exact) mass is 255 g/mol. The first-order chi connectivity index (χ1) is 8.48. The second-order valence-electron chi connectivity index (χ2n) is 5.68. The molecule has 0 radical (unpaired) electrons. The lowest BCUT2D eigenvalue weighted by molar-refractivity contribution is 1.30. The van der Waals surface area contributed by atoms with Crippen molar-refractivity contribution < 1.29 is 0 Å². The zero-order chi connectivity index (χ0) is 13.2. The Morgan fingerprint density at radius 2 is 1.39 bits per heavy atom. The summed E-state index contributed by atoms with van der Waals surface area (Å²) in [7, 11) is -1.46. The van der Waals surface area contributed by atoms with Crippen molar-refractivity contribution in [2.75, 3.05) is 4.57 Å². The van der Waals surface area contributed by atoms with Crippen LogP contribution in [0, 0.1) is 6.92 Å². The van der Waals surface area contributed by atoms with Gasteiger partial charge in [-0.15, -0.1) is 0 Å². The van der Waals surface area contributed by atoms with E-state index in [4.69, 9.17) is 0 Å². The van der Waals surface area contributed by atoms with E-state index in [1.807, 2.05) is 0 Å². The Morgan fingerprint density at radius 3 is 1.94 bits per heavy atom. The molecule has 0 aromatic heterocycles. The van der Waals surface area contributed by atoms with Crippen LogP contribution in [0.15, 0.2) is 54.6 Å². The maximum Gasteiger partial charge on any atom is 0.153 e. The minimum absolute atomic E-state index is 1.29. The smallest absolute Gasteiger partial charge is 0.153 e. The predicted octanol–water partition coefficient (Wildman–Crippen LogP) is 4.97. The molecule has 0 saturated heterocycles. The normalized spacial score (nSPS) is 11.3. The first kappa shape index (κ1) is 12.9. The molecule has 18 heavy (non-hydrogen) atoms. The highest BCUT2D eigenvalue weighted by Gasteiger charge is 2.25. The molecule has 0 N–H and O–H groups in total. The minimum atomic E-state index is -1.46. The molecule has 2 aromatic rings. The van der Waals surface area contributed by atoms with Crippen LogP contribution in [0.3, 0.4) is 0 Å². The van der Waals surface area contributed by atoms with E-state index in [2.05, 4.69) is 85.7 Å². The Kier molecular flexibility index (Phi) is 3.57. The highest BCUT2D eigenvalue weighted by atomic mass is 28.3. The standard InChI is InChI=1S/C16H21NSi/c1-14-9-8-12-16(13-14)17(18(2,3)4)15-10-6-5-7-11-15/h5-13H,1-4H3. The number of rotatable bonds is 3. The Labute approximate surface area is 111 Å². The summed E-state index contributed by atoms with van der Waals surface area (Å²) < 4.78 is 2.51. The molecule has 0 aliphatic rings. The van der Waals surface area contributed by atoms with Crippen molar-refractivity contribution in [2.45, 2.75) is 26.6 Å². The van der Waals surface area contributed by atoms with E-state index in [0.29, 0.717) is 0 Å². The molecule has 0 saturated carbocycles. The third kappa shape index (κ3) is 2.82. The van der Waals surface area contributed by atoms with Gasteiger partial charge in [0.05, 0.1) is 0 Å². The van der Waals surface area contributed by atoms with Crippen LogP contribution in [-0.2, 0) is 0 Å². The van der Waals surface area contributed by atoms with Gasteiger partial charge in [-0.1, -0.05) is 50.0 Å². The van der Waals surface area contributed by atoms with Gasteiger partial charge in [0.25, 0.3) is 0 Å². The van der Waals surface area contributed by atoms with Gasteiger partial charge >= 0.3 is 0 Å². The molecule has 2 rings (SSSR count). The van der Waals surface area contributed by atoms with Crippen LogP contribution in [-0.4, -0.2) is 8.24 Å². The minimum Gasteiger partial charge on any atom is -0.369 e. The maximum absolute atomic E-state index is 2.51. The van der Waals surface area contributed by atoms with Gasteiger partial charge in [0, 0.05) is 11.4 Å². The number of benzene rings is 2. The maximum atomic E-state index is 2.51. The van der Waals surface area contributed by atoms with E-state index in [1.165, 1.54) is 16.9 Å². The second-order valence-corrected chi connectivity index (χ2v) is 10.5. The first-order valence-electron chi connectivity index (χ1n) is 6.40. The molecule has 0 spiro atoms. The number of nitrogens with zero attached hydrogens (tertiary/aromatic N) is 1. The van der Waals surface area contributed by atoms with Gasteiger partial charge in [0.1, 0.15) is 0 Å². The zero-order valence-electron chi connectivity index (χ0n) is 11.6. The average Bonchev–Trinajstić information content (AvgIpc) is 2.28. The Morgan fingerprint density at radius 1 is 0.778 bits per heavy atom. The van der Waals surface area contributed by atoms with E-state index in [9.17, 15) is 0 Å².